The lowest BCUT2D eigenvalue weighted by atomic mass is 10.2. The molecule has 1 fully saturated rings. The van der Waals surface area contributed by atoms with E-state index in [1.165, 1.54) is 12.1 Å². The molecule has 0 unspecified atom stereocenters. The number of aryl methyl sites for hydroxylation is 1. The predicted molar refractivity (Wildman–Crippen MR) is 99.5 cm³/mol. The molecule has 1 saturated heterocycles. The molecule has 0 saturated carbocycles. The van der Waals surface area contributed by atoms with Crippen molar-refractivity contribution in [2.75, 3.05) is 38.0 Å². The maximum Gasteiger partial charge on any atom is 0.416 e. The van der Waals surface area contributed by atoms with Crippen LogP contribution in [0.4, 0.5) is 24.8 Å². The van der Waals surface area contributed by atoms with Crippen LogP contribution in [0.1, 0.15) is 28.7 Å². The van der Waals surface area contributed by atoms with Crippen LogP contribution < -0.4 is 5.32 Å². The molecule has 1 aromatic heterocycles. The van der Waals surface area contributed by atoms with Gasteiger partial charge in [0.1, 0.15) is 5.69 Å². The van der Waals surface area contributed by atoms with E-state index in [9.17, 15) is 18.0 Å². The van der Waals surface area contributed by atoms with Gasteiger partial charge in [0, 0.05) is 37.6 Å². The van der Waals surface area contributed by atoms with Crippen molar-refractivity contribution in [3.63, 3.8) is 0 Å². The number of anilines is 2. The van der Waals surface area contributed by atoms with Crippen molar-refractivity contribution < 1.29 is 18.0 Å². The fourth-order valence-electron chi connectivity index (χ4n) is 3.03. The normalized spacial score (nSPS) is 15.5. The lowest BCUT2D eigenvalue weighted by molar-refractivity contribution is -0.137. The molecule has 1 amide bonds. The van der Waals surface area contributed by atoms with E-state index in [0.717, 1.165) is 31.8 Å². The number of amides is 1. The number of nitrogens with zero attached hydrogens (tertiary/aromatic N) is 4. The number of benzene rings is 1. The van der Waals surface area contributed by atoms with E-state index < -0.39 is 11.7 Å². The van der Waals surface area contributed by atoms with Gasteiger partial charge in [-0.05, 0) is 43.8 Å². The summed E-state index contributed by atoms with van der Waals surface area (Å²) in [6.45, 7) is 7.70. The molecule has 28 heavy (non-hydrogen) atoms. The number of aromatic nitrogens is 2. The second-order valence-corrected chi connectivity index (χ2v) is 6.64. The Morgan fingerprint density at radius 2 is 1.75 bits per heavy atom. The minimum Gasteiger partial charge on any atom is -0.335 e. The largest absolute Gasteiger partial charge is 0.416 e. The number of alkyl halides is 3. The van der Waals surface area contributed by atoms with Gasteiger partial charge in [-0.25, -0.2) is 9.97 Å². The van der Waals surface area contributed by atoms with Crippen molar-refractivity contribution in [3.8, 4) is 0 Å². The van der Waals surface area contributed by atoms with Crippen LogP contribution in [0.25, 0.3) is 0 Å². The fraction of sp³-hybridized carbons (Fsp3) is 0.421. The Morgan fingerprint density at radius 1 is 1.11 bits per heavy atom. The number of nitrogens with one attached hydrogen (secondary N) is 1. The van der Waals surface area contributed by atoms with Gasteiger partial charge < -0.3 is 15.1 Å². The maximum atomic E-state index is 12.8. The highest BCUT2D eigenvalue weighted by molar-refractivity contribution is 5.92. The van der Waals surface area contributed by atoms with Gasteiger partial charge in [-0.15, -0.1) is 0 Å². The lowest BCUT2D eigenvalue weighted by Crippen LogP contribution is -2.48. The van der Waals surface area contributed by atoms with Gasteiger partial charge in [-0.2, -0.15) is 13.2 Å². The maximum absolute atomic E-state index is 12.8. The first kappa shape index (κ1) is 20.1. The number of carbonyl (C=O) groups is 1. The molecule has 2 heterocycles. The molecule has 0 spiro atoms. The molecule has 1 aromatic carbocycles. The number of hydrogen-bond acceptors (Lipinski definition) is 5. The van der Waals surface area contributed by atoms with Crippen LogP contribution >= 0.6 is 0 Å². The first-order valence-corrected chi connectivity index (χ1v) is 9.08. The van der Waals surface area contributed by atoms with Gasteiger partial charge in [-0.3, -0.25) is 4.79 Å². The summed E-state index contributed by atoms with van der Waals surface area (Å²) in [5.41, 5.74) is 0.547. The molecule has 9 heteroatoms. The molecule has 3 rings (SSSR count). The van der Waals surface area contributed by atoms with Crippen molar-refractivity contribution in [2.45, 2.75) is 20.0 Å². The number of carbonyl (C=O) groups excluding carboxylic acids is 1. The van der Waals surface area contributed by atoms with Crippen LogP contribution in [0.2, 0.25) is 0 Å². The van der Waals surface area contributed by atoms with Crippen molar-refractivity contribution in [1.82, 2.24) is 19.8 Å². The molecule has 150 valence electrons. The van der Waals surface area contributed by atoms with Crippen molar-refractivity contribution in [3.05, 3.63) is 47.3 Å². The summed E-state index contributed by atoms with van der Waals surface area (Å²) >= 11 is 0. The zero-order valence-electron chi connectivity index (χ0n) is 15.8. The Kier molecular flexibility index (Phi) is 5.83. The third kappa shape index (κ3) is 4.78. The summed E-state index contributed by atoms with van der Waals surface area (Å²) in [4.78, 5) is 25.3. The predicted octanol–water partition coefficient (Wildman–Crippen LogP) is 3.33. The van der Waals surface area contributed by atoms with Gasteiger partial charge in [0.2, 0.25) is 5.95 Å². The Balaban J connectivity index is 1.73. The van der Waals surface area contributed by atoms with E-state index in [-0.39, 0.29) is 17.5 Å². The summed E-state index contributed by atoms with van der Waals surface area (Å²) in [6, 6.07) is 6.20. The quantitative estimate of drug-likeness (QED) is 0.864. The van der Waals surface area contributed by atoms with Gasteiger partial charge >= 0.3 is 6.18 Å². The highest BCUT2D eigenvalue weighted by Gasteiger charge is 2.30. The summed E-state index contributed by atoms with van der Waals surface area (Å²) in [6.07, 6.45) is -4.39. The highest BCUT2D eigenvalue weighted by atomic mass is 19.4. The zero-order valence-corrected chi connectivity index (χ0v) is 15.8. The van der Waals surface area contributed by atoms with E-state index in [1.807, 2.05) is 0 Å². The Morgan fingerprint density at radius 3 is 2.32 bits per heavy atom. The second-order valence-electron chi connectivity index (χ2n) is 6.64. The standard InChI is InChI=1S/C19H22F3N5O/c1-3-26-8-10-27(11-9-26)17(28)16-12-13(2)23-18(25-16)24-15-6-4-14(5-7-15)19(20,21)22/h4-7,12H,3,8-11H2,1-2H3,(H,23,24,25). The Hall–Kier alpha value is -2.68. The summed E-state index contributed by atoms with van der Waals surface area (Å²) in [5, 5.41) is 2.87. The van der Waals surface area contributed by atoms with Crippen LogP contribution in [0, 0.1) is 6.92 Å². The van der Waals surface area contributed by atoms with E-state index >= 15 is 0 Å². The summed E-state index contributed by atoms with van der Waals surface area (Å²) in [5.74, 6) is 0.00650. The molecular formula is C19H22F3N5O. The van der Waals surface area contributed by atoms with Crippen molar-refractivity contribution >= 4 is 17.5 Å². The average molecular weight is 393 g/mol. The first-order valence-electron chi connectivity index (χ1n) is 9.08. The topological polar surface area (TPSA) is 61.4 Å². The van der Waals surface area contributed by atoms with Gasteiger partial charge in [0.25, 0.3) is 5.91 Å². The van der Waals surface area contributed by atoms with Gasteiger partial charge in [0.15, 0.2) is 0 Å². The minimum absolute atomic E-state index is 0.170. The zero-order chi connectivity index (χ0) is 20.3. The molecule has 0 bridgehead atoms. The molecule has 1 aliphatic rings. The van der Waals surface area contributed by atoms with Crippen LogP contribution in [0.5, 0.6) is 0 Å². The third-order valence-electron chi connectivity index (χ3n) is 4.65. The van der Waals surface area contributed by atoms with E-state index in [2.05, 4.69) is 27.1 Å². The van der Waals surface area contributed by atoms with Crippen molar-refractivity contribution in [1.29, 1.82) is 0 Å². The molecule has 0 radical (unpaired) electrons. The molecule has 1 aliphatic heterocycles. The first-order chi connectivity index (χ1) is 13.3. The van der Waals surface area contributed by atoms with Crippen LogP contribution in [-0.2, 0) is 6.18 Å². The van der Waals surface area contributed by atoms with Gasteiger partial charge in [0.05, 0.1) is 5.56 Å². The molecule has 0 atom stereocenters. The SMILES string of the molecule is CCN1CCN(C(=O)c2cc(C)nc(Nc3ccc(C(F)(F)F)cc3)n2)CC1. The third-order valence-corrected chi connectivity index (χ3v) is 4.65. The lowest BCUT2D eigenvalue weighted by Gasteiger charge is -2.33. The smallest absolute Gasteiger partial charge is 0.335 e. The van der Waals surface area contributed by atoms with Crippen LogP contribution in [0.15, 0.2) is 30.3 Å². The number of hydrogen-bond donors (Lipinski definition) is 1. The highest BCUT2D eigenvalue weighted by Crippen LogP contribution is 2.30. The van der Waals surface area contributed by atoms with Crippen molar-refractivity contribution in [2.24, 2.45) is 0 Å². The number of halogens is 3. The minimum atomic E-state index is -4.39. The fourth-order valence-corrected chi connectivity index (χ4v) is 3.03. The summed E-state index contributed by atoms with van der Waals surface area (Å²) in [7, 11) is 0. The Bertz CT molecular complexity index is 830. The van der Waals surface area contributed by atoms with Gasteiger partial charge in [-0.1, -0.05) is 6.92 Å². The average Bonchev–Trinajstić information content (AvgIpc) is 2.67. The number of likely N-dealkylation sites (N-methyl/N-ethyl adjacent to an activating group) is 1. The van der Waals surface area contributed by atoms with E-state index in [0.29, 0.717) is 24.5 Å². The van der Waals surface area contributed by atoms with E-state index in [1.54, 1.807) is 17.9 Å². The van der Waals surface area contributed by atoms with E-state index in [4.69, 9.17) is 0 Å². The van der Waals surface area contributed by atoms with Crippen LogP contribution in [-0.4, -0.2) is 58.4 Å². The molecule has 0 aliphatic carbocycles. The molecule has 6 nitrogen and oxygen atoms in total. The molecule has 1 N–H and O–H groups in total. The number of rotatable bonds is 4. The second kappa shape index (κ2) is 8.14. The van der Waals surface area contributed by atoms with Crippen LogP contribution in [0.3, 0.4) is 0 Å². The summed E-state index contributed by atoms with van der Waals surface area (Å²) < 4.78 is 38.0. The monoisotopic (exact) mass is 393 g/mol. The molecular weight excluding hydrogens is 371 g/mol. The Labute approximate surface area is 161 Å². The number of piperazine rings is 1. The molecule has 2 aromatic rings.